The van der Waals surface area contributed by atoms with Crippen LogP contribution in [0.5, 0.6) is 0 Å². The molecule has 14 heavy (non-hydrogen) atoms. The van der Waals surface area contributed by atoms with Crippen molar-refractivity contribution in [1.29, 1.82) is 0 Å². The standard InChI is InChI=1S/C10H12FIN2/c11-10-9(7(12)4-6-14-10)8-3-1-2-5-13-8/h4,6,8,13H,1-3,5H2/t8-/m0/s1. The Hall–Kier alpha value is -0.230. The van der Waals surface area contributed by atoms with Crippen molar-refractivity contribution in [3.8, 4) is 0 Å². The molecule has 1 aromatic heterocycles. The third-order valence-electron chi connectivity index (χ3n) is 2.55. The van der Waals surface area contributed by atoms with Crippen molar-refractivity contribution in [3.05, 3.63) is 27.3 Å². The van der Waals surface area contributed by atoms with Crippen LogP contribution in [0.1, 0.15) is 30.9 Å². The second-order valence-corrected chi connectivity index (χ2v) is 4.66. The van der Waals surface area contributed by atoms with Crippen LogP contribution < -0.4 is 5.32 Å². The van der Waals surface area contributed by atoms with E-state index in [4.69, 9.17) is 0 Å². The summed E-state index contributed by atoms with van der Waals surface area (Å²) in [4.78, 5) is 3.70. The lowest BCUT2D eigenvalue weighted by atomic mass is 9.99. The average molecular weight is 306 g/mol. The molecule has 2 nitrogen and oxygen atoms in total. The van der Waals surface area contributed by atoms with Crippen LogP contribution in [-0.2, 0) is 0 Å². The number of hydrogen-bond donors (Lipinski definition) is 1. The van der Waals surface area contributed by atoms with Crippen molar-refractivity contribution in [3.63, 3.8) is 0 Å². The zero-order valence-corrected chi connectivity index (χ0v) is 9.92. The topological polar surface area (TPSA) is 24.9 Å². The van der Waals surface area contributed by atoms with Crippen LogP contribution in [0.25, 0.3) is 0 Å². The minimum Gasteiger partial charge on any atom is -0.310 e. The van der Waals surface area contributed by atoms with Gasteiger partial charge in [-0.15, -0.1) is 0 Å². The van der Waals surface area contributed by atoms with Gasteiger partial charge >= 0.3 is 0 Å². The molecule has 1 atom stereocenters. The lowest BCUT2D eigenvalue weighted by Crippen LogP contribution is -2.28. The highest BCUT2D eigenvalue weighted by Gasteiger charge is 2.21. The predicted octanol–water partition coefficient (Wildman–Crippen LogP) is 2.64. The molecule has 1 aliphatic rings. The Morgan fingerprint density at radius 3 is 3.00 bits per heavy atom. The zero-order chi connectivity index (χ0) is 9.97. The summed E-state index contributed by atoms with van der Waals surface area (Å²) in [5.74, 6) is -0.323. The van der Waals surface area contributed by atoms with E-state index in [-0.39, 0.29) is 12.0 Å². The summed E-state index contributed by atoms with van der Waals surface area (Å²) in [5, 5.41) is 3.33. The maximum atomic E-state index is 13.5. The molecule has 2 heterocycles. The van der Waals surface area contributed by atoms with Crippen molar-refractivity contribution >= 4 is 22.6 Å². The molecule has 2 rings (SSSR count). The summed E-state index contributed by atoms with van der Waals surface area (Å²) in [6.45, 7) is 0.981. The van der Waals surface area contributed by atoms with Crippen molar-refractivity contribution in [2.24, 2.45) is 0 Å². The van der Waals surface area contributed by atoms with Crippen LogP contribution in [-0.4, -0.2) is 11.5 Å². The fourth-order valence-corrected chi connectivity index (χ4v) is 2.59. The molecule has 1 fully saturated rings. The number of halogens is 2. The molecule has 1 aliphatic heterocycles. The van der Waals surface area contributed by atoms with Crippen LogP contribution >= 0.6 is 22.6 Å². The van der Waals surface area contributed by atoms with Gasteiger partial charge in [-0.05, 0) is 48.0 Å². The highest BCUT2D eigenvalue weighted by molar-refractivity contribution is 14.1. The first-order valence-corrected chi connectivity index (χ1v) is 5.90. The minimum absolute atomic E-state index is 0.157. The van der Waals surface area contributed by atoms with Gasteiger partial charge in [-0.3, -0.25) is 0 Å². The van der Waals surface area contributed by atoms with E-state index in [0.29, 0.717) is 0 Å². The van der Waals surface area contributed by atoms with Gasteiger partial charge in [-0.25, -0.2) is 4.98 Å². The first kappa shape index (κ1) is 10.3. The Morgan fingerprint density at radius 2 is 2.36 bits per heavy atom. The second kappa shape index (κ2) is 4.53. The van der Waals surface area contributed by atoms with Crippen molar-refractivity contribution in [1.82, 2.24) is 10.3 Å². The quantitative estimate of drug-likeness (QED) is 0.637. The van der Waals surface area contributed by atoms with E-state index >= 15 is 0 Å². The second-order valence-electron chi connectivity index (χ2n) is 3.50. The summed E-state index contributed by atoms with van der Waals surface area (Å²) in [5.41, 5.74) is 0.743. The molecule has 1 N–H and O–H groups in total. The minimum atomic E-state index is -0.323. The highest BCUT2D eigenvalue weighted by Crippen LogP contribution is 2.27. The van der Waals surface area contributed by atoms with Gasteiger partial charge in [0.05, 0.1) is 0 Å². The Balaban J connectivity index is 2.29. The van der Waals surface area contributed by atoms with Crippen LogP contribution in [0.15, 0.2) is 12.3 Å². The van der Waals surface area contributed by atoms with Crippen LogP contribution in [0.2, 0.25) is 0 Å². The van der Waals surface area contributed by atoms with E-state index in [1.54, 1.807) is 0 Å². The smallest absolute Gasteiger partial charge is 0.218 e. The number of aromatic nitrogens is 1. The molecule has 4 heteroatoms. The molecule has 1 aromatic rings. The number of rotatable bonds is 1. The monoisotopic (exact) mass is 306 g/mol. The molecule has 0 bridgehead atoms. The van der Waals surface area contributed by atoms with Gasteiger partial charge in [0.15, 0.2) is 0 Å². The zero-order valence-electron chi connectivity index (χ0n) is 7.76. The molecule has 0 saturated carbocycles. The Morgan fingerprint density at radius 1 is 1.50 bits per heavy atom. The fourth-order valence-electron chi connectivity index (χ4n) is 1.83. The number of hydrogen-bond acceptors (Lipinski definition) is 2. The van der Waals surface area contributed by atoms with Gasteiger partial charge in [0.1, 0.15) is 0 Å². The van der Waals surface area contributed by atoms with E-state index in [1.165, 1.54) is 19.0 Å². The fraction of sp³-hybridized carbons (Fsp3) is 0.500. The summed E-state index contributed by atoms with van der Waals surface area (Å²) in [6.07, 6.45) is 4.89. The maximum Gasteiger partial charge on any atom is 0.218 e. The van der Waals surface area contributed by atoms with Gasteiger partial charge in [0.25, 0.3) is 0 Å². The molecular weight excluding hydrogens is 294 g/mol. The van der Waals surface area contributed by atoms with Crippen LogP contribution in [0, 0.1) is 9.52 Å². The number of piperidine rings is 1. The molecular formula is C10H12FIN2. The number of nitrogens with one attached hydrogen (secondary N) is 1. The van der Waals surface area contributed by atoms with Crippen LogP contribution in [0.4, 0.5) is 4.39 Å². The lowest BCUT2D eigenvalue weighted by Gasteiger charge is -2.24. The summed E-state index contributed by atoms with van der Waals surface area (Å²) < 4.78 is 14.4. The van der Waals surface area contributed by atoms with Gasteiger partial charge in [-0.2, -0.15) is 4.39 Å². The normalized spacial score (nSPS) is 22.3. The summed E-state index contributed by atoms with van der Waals surface area (Å²) in [6, 6.07) is 2.01. The molecule has 1 saturated heterocycles. The van der Waals surface area contributed by atoms with E-state index in [0.717, 1.165) is 22.1 Å². The van der Waals surface area contributed by atoms with E-state index < -0.39 is 0 Å². The van der Waals surface area contributed by atoms with Crippen molar-refractivity contribution < 1.29 is 4.39 Å². The first-order valence-electron chi connectivity index (χ1n) is 4.82. The van der Waals surface area contributed by atoms with Gasteiger partial charge in [0, 0.05) is 21.4 Å². The molecule has 76 valence electrons. The molecule has 0 amide bonds. The summed E-state index contributed by atoms with van der Waals surface area (Å²) >= 11 is 2.17. The number of nitrogens with zero attached hydrogens (tertiary/aromatic N) is 1. The van der Waals surface area contributed by atoms with E-state index in [1.807, 2.05) is 6.07 Å². The first-order chi connectivity index (χ1) is 6.79. The van der Waals surface area contributed by atoms with E-state index in [9.17, 15) is 4.39 Å². The molecule has 0 spiro atoms. The summed E-state index contributed by atoms with van der Waals surface area (Å²) in [7, 11) is 0. The Labute approximate surface area is 96.4 Å². The van der Waals surface area contributed by atoms with Crippen LogP contribution in [0.3, 0.4) is 0 Å². The third kappa shape index (κ3) is 2.06. The maximum absolute atomic E-state index is 13.5. The van der Waals surface area contributed by atoms with Crippen molar-refractivity contribution in [2.75, 3.05) is 6.54 Å². The number of pyridine rings is 1. The Bertz CT molecular complexity index is 304. The molecule has 0 aromatic carbocycles. The van der Waals surface area contributed by atoms with Gasteiger partial charge in [0.2, 0.25) is 5.95 Å². The highest BCUT2D eigenvalue weighted by atomic mass is 127. The predicted molar refractivity (Wildman–Crippen MR) is 61.5 cm³/mol. The van der Waals surface area contributed by atoms with E-state index in [2.05, 4.69) is 32.9 Å². The Kier molecular flexibility index (Phi) is 3.33. The van der Waals surface area contributed by atoms with Crippen molar-refractivity contribution in [2.45, 2.75) is 25.3 Å². The third-order valence-corrected chi connectivity index (χ3v) is 3.49. The largest absolute Gasteiger partial charge is 0.310 e. The lowest BCUT2D eigenvalue weighted by molar-refractivity contribution is 0.393. The molecule has 0 unspecified atom stereocenters. The molecule has 0 aliphatic carbocycles. The SMILES string of the molecule is Fc1nccc(I)c1[C@@H]1CCCCN1. The van der Waals surface area contributed by atoms with Gasteiger partial charge in [-0.1, -0.05) is 6.42 Å². The average Bonchev–Trinajstić information content (AvgIpc) is 2.19. The van der Waals surface area contributed by atoms with Gasteiger partial charge < -0.3 is 5.32 Å². The molecule has 0 radical (unpaired) electrons.